The second kappa shape index (κ2) is 6.12. The van der Waals surface area contributed by atoms with Gasteiger partial charge in [0.1, 0.15) is 6.54 Å². The Kier molecular flexibility index (Phi) is 4.12. The SMILES string of the molecule is O=C(O)CN1CN(c2ccc(C(F)(F)F)cc2)c2ccccc2C1=O. The van der Waals surface area contributed by atoms with Crippen molar-refractivity contribution >= 4 is 23.3 Å². The Morgan fingerprint density at radius 3 is 2.32 bits per heavy atom. The van der Waals surface area contributed by atoms with Crippen LogP contribution in [0.3, 0.4) is 0 Å². The number of aliphatic carboxylic acids is 1. The van der Waals surface area contributed by atoms with Crippen LogP contribution in [-0.4, -0.2) is 35.1 Å². The topological polar surface area (TPSA) is 60.9 Å². The zero-order chi connectivity index (χ0) is 18.2. The second-order valence-electron chi connectivity index (χ2n) is 5.53. The lowest BCUT2D eigenvalue weighted by molar-refractivity contribution is -0.138. The van der Waals surface area contributed by atoms with Crippen LogP contribution in [0.2, 0.25) is 0 Å². The maximum atomic E-state index is 12.7. The van der Waals surface area contributed by atoms with Crippen molar-refractivity contribution in [2.75, 3.05) is 18.1 Å². The van der Waals surface area contributed by atoms with Gasteiger partial charge in [0.2, 0.25) is 0 Å². The number of halogens is 3. The number of hydrogen-bond donors (Lipinski definition) is 1. The van der Waals surface area contributed by atoms with Crippen molar-refractivity contribution in [1.82, 2.24) is 4.90 Å². The smallest absolute Gasteiger partial charge is 0.416 e. The molecule has 0 spiro atoms. The first-order valence-electron chi connectivity index (χ1n) is 7.32. The largest absolute Gasteiger partial charge is 0.480 e. The number of carbonyl (C=O) groups is 2. The Balaban J connectivity index is 2.01. The van der Waals surface area contributed by atoms with Gasteiger partial charge in [0.05, 0.1) is 23.5 Å². The van der Waals surface area contributed by atoms with Crippen molar-refractivity contribution in [1.29, 1.82) is 0 Å². The van der Waals surface area contributed by atoms with Crippen molar-refractivity contribution in [3.63, 3.8) is 0 Å². The van der Waals surface area contributed by atoms with Gasteiger partial charge in [0.15, 0.2) is 0 Å². The molecule has 1 heterocycles. The fourth-order valence-electron chi connectivity index (χ4n) is 2.71. The Hall–Kier alpha value is -3.03. The average molecular weight is 350 g/mol. The summed E-state index contributed by atoms with van der Waals surface area (Å²) in [5, 5.41) is 8.98. The van der Waals surface area contributed by atoms with Crippen LogP contribution in [0, 0.1) is 0 Å². The minimum Gasteiger partial charge on any atom is -0.480 e. The van der Waals surface area contributed by atoms with Crippen molar-refractivity contribution in [3.05, 3.63) is 59.7 Å². The summed E-state index contributed by atoms with van der Waals surface area (Å²) in [4.78, 5) is 26.1. The minimum atomic E-state index is -4.44. The number of rotatable bonds is 3. The monoisotopic (exact) mass is 350 g/mol. The van der Waals surface area contributed by atoms with E-state index < -0.39 is 30.2 Å². The van der Waals surface area contributed by atoms with E-state index in [1.54, 1.807) is 29.2 Å². The Morgan fingerprint density at radius 1 is 1.08 bits per heavy atom. The van der Waals surface area contributed by atoms with Gasteiger partial charge in [-0.25, -0.2) is 0 Å². The Bertz CT molecular complexity index is 819. The number of hydrogen-bond acceptors (Lipinski definition) is 3. The molecular formula is C17H13F3N2O3. The van der Waals surface area contributed by atoms with Gasteiger partial charge in [-0.05, 0) is 36.4 Å². The van der Waals surface area contributed by atoms with Gasteiger partial charge in [-0.15, -0.1) is 0 Å². The summed E-state index contributed by atoms with van der Waals surface area (Å²) >= 11 is 0. The molecule has 0 fully saturated rings. The van der Waals surface area contributed by atoms with Crippen molar-refractivity contribution in [2.24, 2.45) is 0 Å². The molecule has 1 aliphatic rings. The molecule has 1 N–H and O–H groups in total. The van der Waals surface area contributed by atoms with Gasteiger partial charge < -0.3 is 14.9 Å². The quantitative estimate of drug-likeness (QED) is 0.922. The standard InChI is InChI=1S/C17H13F3N2O3/c18-17(19,20)11-5-7-12(8-6-11)22-10-21(9-15(23)24)16(25)13-3-1-2-4-14(13)22/h1-8H,9-10H2,(H,23,24). The maximum Gasteiger partial charge on any atom is 0.416 e. The van der Waals surface area contributed by atoms with Crippen LogP contribution in [0.15, 0.2) is 48.5 Å². The first-order valence-corrected chi connectivity index (χ1v) is 7.32. The van der Waals surface area contributed by atoms with E-state index in [9.17, 15) is 22.8 Å². The summed E-state index contributed by atoms with van der Waals surface area (Å²) in [6.07, 6.45) is -4.44. The first kappa shape index (κ1) is 16.8. The number of anilines is 2. The van der Waals surface area contributed by atoms with Gasteiger partial charge >= 0.3 is 12.1 Å². The molecule has 0 aliphatic carbocycles. The average Bonchev–Trinajstić information content (AvgIpc) is 2.56. The molecule has 2 aromatic rings. The van der Waals surface area contributed by atoms with Crippen LogP contribution in [-0.2, 0) is 11.0 Å². The van der Waals surface area contributed by atoms with E-state index in [0.717, 1.165) is 17.0 Å². The number of benzene rings is 2. The highest BCUT2D eigenvalue weighted by Gasteiger charge is 2.33. The predicted molar refractivity (Wildman–Crippen MR) is 83.6 cm³/mol. The molecular weight excluding hydrogens is 337 g/mol. The summed E-state index contributed by atoms with van der Waals surface area (Å²) in [5.41, 5.74) is 0.479. The number of carboxylic acid groups (broad SMARTS) is 1. The summed E-state index contributed by atoms with van der Waals surface area (Å²) in [6.45, 7) is -0.558. The highest BCUT2D eigenvalue weighted by atomic mass is 19.4. The van der Waals surface area contributed by atoms with Gasteiger partial charge in [0.25, 0.3) is 5.91 Å². The van der Waals surface area contributed by atoms with E-state index in [-0.39, 0.29) is 6.67 Å². The molecule has 1 amide bonds. The van der Waals surface area contributed by atoms with Crippen LogP contribution in [0.5, 0.6) is 0 Å². The van der Waals surface area contributed by atoms with E-state index in [1.807, 2.05) is 0 Å². The van der Waals surface area contributed by atoms with Crippen LogP contribution in [0.1, 0.15) is 15.9 Å². The van der Waals surface area contributed by atoms with Crippen molar-refractivity contribution in [3.8, 4) is 0 Å². The van der Waals surface area contributed by atoms with Crippen LogP contribution in [0.25, 0.3) is 0 Å². The molecule has 0 unspecified atom stereocenters. The number of carbonyl (C=O) groups excluding carboxylic acids is 1. The van der Waals surface area contributed by atoms with Gasteiger partial charge in [-0.3, -0.25) is 9.59 Å². The number of alkyl halides is 3. The van der Waals surface area contributed by atoms with Gasteiger partial charge in [-0.1, -0.05) is 12.1 Å². The van der Waals surface area contributed by atoms with E-state index >= 15 is 0 Å². The second-order valence-corrected chi connectivity index (χ2v) is 5.53. The molecule has 0 saturated heterocycles. The molecule has 5 nitrogen and oxygen atoms in total. The highest BCUT2D eigenvalue weighted by molar-refractivity contribution is 6.03. The van der Waals surface area contributed by atoms with Crippen LogP contribution < -0.4 is 4.90 Å². The molecule has 0 aromatic heterocycles. The zero-order valence-electron chi connectivity index (χ0n) is 12.8. The maximum absolute atomic E-state index is 12.7. The molecule has 0 bridgehead atoms. The normalized spacial score (nSPS) is 14.4. The molecule has 0 atom stereocenters. The van der Waals surface area contributed by atoms with Gasteiger partial charge in [-0.2, -0.15) is 13.2 Å². The van der Waals surface area contributed by atoms with E-state index in [2.05, 4.69) is 0 Å². The number of fused-ring (bicyclic) bond motifs is 1. The summed E-state index contributed by atoms with van der Waals surface area (Å²) in [7, 11) is 0. The minimum absolute atomic E-state index is 0.0620. The van der Waals surface area contributed by atoms with Crippen molar-refractivity contribution in [2.45, 2.75) is 6.18 Å². The lowest BCUT2D eigenvalue weighted by Crippen LogP contribution is -2.46. The fourth-order valence-corrected chi connectivity index (χ4v) is 2.71. The van der Waals surface area contributed by atoms with E-state index in [4.69, 9.17) is 5.11 Å². The predicted octanol–water partition coefficient (Wildman–Crippen LogP) is 3.34. The van der Waals surface area contributed by atoms with Crippen molar-refractivity contribution < 1.29 is 27.9 Å². The highest BCUT2D eigenvalue weighted by Crippen LogP contribution is 2.35. The summed E-state index contributed by atoms with van der Waals surface area (Å²) < 4.78 is 38.2. The van der Waals surface area contributed by atoms with Crippen LogP contribution >= 0.6 is 0 Å². The van der Waals surface area contributed by atoms with E-state index in [0.29, 0.717) is 16.9 Å². The molecule has 0 radical (unpaired) electrons. The number of carboxylic acids is 1. The molecule has 3 rings (SSSR count). The molecule has 8 heteroatoms. The summed E-state index contributed by atoms with van der Waals surface area (Å²) in [5.74, 6) is -1.60. The van der Waals surface area contributed by atoms with E-state index in [1.165, 1.54) is 12.1 Å². The summed E-state index contributed by atoms with van der Waals surface area (Å²) in [6, 6.07) is 11.1. The first-order chi connectivity index (χ1) is 11.8. The molecule has 2 aromatic carbocycles. The van der Waals surface area contributed by atoms with Gasteiger partial charge in [0, 0.05) is 5.69 Å². The number of nitrogens with zero attached hydrogens (tertiary/aromatic N) is 2. The molecule has 130 valence electrons. The Morgan fingerprint density at radius 2 is 1.72 bits per heavy atom. The number of amides is 1. The lowest BCUT2D eigenvalue weighted by Gasteiger charge is -2.37. The Labute approximate surface area is 140 Å². The fraction of sp³-hybridized carbons (Fsp3) is 0.176. The zero-order valence-corrected chi connectivity index (χ0v) is 12.8. The lowest BCUT2D eigenvalue weighted by atomic mass is 10.1. The molecule has 25 heavy (non-hydrogen) atoms. The molecule has 1 aliphatic heterocycles. The third-order valence-electron chi connectivity index (χ3n) is 3.86. The third kappa shape index (κ3) is 3.28. The number of para-hydroxylation sites is 1. The third-order valence-corrected chi connectivity index (χ3v) is 3.86. The van der Waals surface area contributed by atoms with Crippen LogP contribution in [0.4, 0.5) is 24.5 Å². The molecule has 0 saturated carbocycles.